The number of hydrogen-bond donors (Lipinski definition) is 2. The van der Waals surface area contributed by atoms with E-state index in [1.165, 1.54) is 12.4 Å². The molecule has 0 radical (unpaired) electrons. The van der Waals surface area contributed by atoms with Crippen molar-refractivity contribution in [3.05, 3.63) is 47.2 Å². The molecule has 3 atom stereocenters. The number of aliphatic hydroxyl groups is 1. The molecule has 0 spiro atoms. The zero-order valence-corrected chi connectivity index (χ0v) is 21.0. The van der Waals surface area contributed by atoms with Crippen LogP contribution in [0.15, 0.2) is 24.5 Å². The number of benzene rings is 1. The Bertz CT molecular complexity index is 1170. The van der Waals surface area contributed by atoms with E-state index in [2.05, 4.69) is 24.9 Å². The van der Waals surface area contributed by atoms with Crippen LogP contribution >= 0.6 is 0 Å². The van der Waals surface area contributed by atoms with Crippen molar-refractivity contribution in [3.63, 3.8) is 0 Å². The molecule has 38 heavy (non-hydrogen) atoms. The third-order valence-electron chi connectivity index (χ3n) is 7.53. The third-order valence-corrected chi connectivity index (χ3v) is 7.53. The topological polar surface area (TPSA) is 90.8 Å². The first-order chi connectivity index (χ1) is 18.1. The molecule has 1 aromatic carbocycles. The SMILES string of the molecule is C[C@@H]1C[C@@H](O)c2ncnc(N3CCN(C(=O)C(CNCC4CC4)c4ccc(OC(F)(F)F)c(F)c4)CC3)c21. The maximum Gasteiger partial charge on any atom is 0.573 e. The number of hydrogen-bond acceptors (Lipinski definition) is 7. The van der Waals surface area contributed by atoms with Crippen molar-refractivity contribution in [2.45, 2.75) is 50.5 Å². The van der Waals surface area contributed by atoms with Gasteiger partial charge in [0, 0.05) is 38.3 Å². The molecule has 5 rings (SSSR count). The average molecular weight is 538 g/mol. The smallest absolute Gasteiger partial charge is 0.403 e. The van der Waals surface area contributed by atoms with Crippen molar-refractivity contribution in [1.82, 2.24) is 20.2 Å². The van der Waals surface area contributed by atoms with E-state index in [1.807, 2.05) is 6.92 Å². The Balaban J connectivity index is 1.29. The maximum absolute atomic E-state index is 14.5. The van der Waals surface area contributed by atoms with Crippen molar-refractivity contribution < 1.29 is 32.2 Å². The van der Waals surface area contributed by atoms with Crippen LogP contribution in [0.2, 0.25) is 0 Å². The van der Waals surface area contributed by atoms with E-state index in [9.17, 15) is 27.5 Å². The van der Waals surface area contributed by atoms with Gasteiger partial charge in [0.25, 0.3) is 0 Å². The summed E-state index contributed by atoms with van der Waals surface area (Å²) in [7, 11) is 0. The molecule has 2 heterocycles. The van der Waals surface area contributed by atoms with Gasteiger partial charge in [-0.1, -0.05) is 13.0 Å². The van der Waals surface area contributed by atoms with Gasteiger partial charge >= 0.3 is 6.36 Å². The first-order valence-corrected chi connectivity index (χ1v) is 12.9. The number of nitrogens with one attached hydrogen (secondary N) is 1. The fourth-order valence-electron chi connectivity index (χ4n) is 5.36. The Hall–Kier alpha value is -2.99. The molecule has 1 saturated heterocycles. The minimum absolute atomic E-state index is 0.122. The standard InChI is InChI=1S/C26H31F4N5O3/c1-15-10-20(36)23-22(15)24(33-14-32-23)34-6-8-35(9-7-34)25(37)18(13-31-12-16-2-3-16)17-4-5-21(19(27)11-17)38-26(28,29)30/h4-5,11,14-16,18,20,31,36H,2-3,6-10,12-13H2,1H3/t15-,18?,20-/m1/s1. The monoisotopic (exact) mass is 537 g/mol. The lowest BCUT2D eigenvalue weighted by atomic mass is 9.96. The summed E-state index contributed by atoms with van der Waals surface area (Å²) < 4.78 is 56.0. The van der Waals surface area contributed by atoms with Crippen LogP contribution in [0, 0.1) is 11.7 Å². The second-order valence-corrected chi connectivity index (χ2v) is 10.4. The molecular weight excluding hydrogens is 506 g/mol. The van der Waals surface area contributed by atoms with Gasteiger partial charge in [-0.25, -0.2) is 14.4 Å². The number of anilines is 1. The Kier molecular flexibility index (Phi) is 7.45. The third kappa shape index (κ3) is 5.85. The Morgan fingerprint density at radius 1 is 1.21 bits per heavy atom. The number of alkyl halides is 3. The minimum Gasteiger partial charge on any atom is -0.403 e. The molecule has 2 aliphatic carbocycles. The summed E-state index contributed by atoms with van der Waals surface area (Å²) in [6.07, 6.45) is -1.33. The van der Waals surface area contributed by atoms with Gasteiger partial charge in [-0.05, 0) is 55.3 Å². The number of halogens is 4. The van der Waals surface area contributed by atoms with Gasteiger partial charge in [0.05, 0.1) is 17.7 Å². The summed E-state index contributed by atoms with van der Waals surface area (Å²) in [5, 5.41) is 13.6. The van der Waals surface area contributed by atoms with E-state index in [0.717, 1.165) is 42.9 Å². The molecule has 2 aromatic rings. The summed E-state index contributed by atoms with van der Waals surface area (Å²) in [6, 6.07) is 3.19. The number of ether oxygens (including phenoxy) is 1. The maximum atomic E-state index is 14.5. The number of amides is 1. The molecule has 1 aliphatic heterocycles. The summed E-state index contributed by atoms with van der Waals surface area (Å²) in [4.78, 5) is 26.1. The van der Waals surface area contributed by atoms with E-state index in [4.69, 9.17) is 0 Å². The average Bonchev–Trinajstić information content (AvgIpc) is 3.66. The highest BCUT2D eigenvalue weighted by Crippen LogP contribution is 2.43. The van der Waals surface area contributed by atoms with Crippen molar-refractivity contribution >= 4 is 11.7 Å². The number of piperazine rings is 1. The van der Waals surface area contributed by atoms with Gasteiger partial charge in [-0.3, -0.25) is 4.79 Å². The molecule has 2 fully saturated rings. The van der Waals surface area contributed by atoms with Crippen LogP contribution in [0.25, 0.3) is 0 Å². The number of rotatable bonds is 8. The number of aliphatic hydroxyl groups excluding tert-OH is 1. The fraction of sp³-hybridized carbons (Fsp3) is 0.577. The highest BCUT2D eigenvalue weighted by Gasteiger charge is 2.36. The summed E-state index contributed by atoms with van der Waals surface area (Å²) in [5.74, 6) is -1.61. The highest BCUT2D eigenvalue weighted by molar-refractivity contribution is 5.84. The molecule has 12 heteroatoms. The highest BCUT2D eigenvalue weighted by atomic mass is 19.4. The summed E-state index contributed by atoms with van der Waals surface area (Å²) in [5.41, 5.74) is 1.89. The molecule has 1 unspecified atom stereocenters. The van der Waals surface area contributed by atoms with Crippen LogP contribution in [-0.2, 0) is 4.79 Å². The lowest BCUT2D eigenvalue weighted by Gasteiger charge is -2.38. The minimum atomic E-state index is -5.01. The lowest BCUT2D eigenvalue weighted by Crippen LogP contribution is -2.51. The van der Waals surface area contributed by atoms with Crippen molar-refractivity contribution in [3.8, 4) is 5.75 Å². The predicted molar refractivity (Wildman–Crippen MR) is 130 cm³/mol. The first kappa shape index (κ1) is 26.6. The van der Waals surface area contributed by atoms with E-state index < -0.39 is 30.0 Å². The zero-order valence-electron chi connectivity index (χ0n) is 21.0. The normalized spacial score (nSPS) is 22.4. The van der Waals surface area contributed by atoms with Crippen LogP contribution < -0.4 is 15.0 Å². The van der Waals surface area contributed by atoms with Gasteiger partial charge in [0.2, 0.25) is 5.91 Å². The quantitative estimate of drug-likeness (QED) is 0.499. The molecule has 1 saturated carbocycles. The number of aromatic nitrogens is 2. The molecular formula is C26H31F4N5O3. The lowest BCUT2D eigenvalue weighted by molar-refractivity contribution is -0.275. The molecule has 0 bridgehead atoms. The van der Waals surface area contributed by atoms with Crippen molar-refractivity contribution in [1.29, 1.82) is 0 Å². The Morgan fingerprint density at radius 3 is 2.61 bits per heavy atom. The van der Waals surface area contributed by atoms with E-state index in [1.54, 1.807) is 4.90 Å². The Labute approximate surface area is 218 Å². The van der Waals surface area contributed by atoms with Crippen molar-refractivity contribution in [2.24, 2.45) is 5.92 Å². The molecule has 2 N–H and O–H groups in total. The molecule has 3 aliphatic rings. The number of fused-ring (bicyclic) bond motifs is 1. The second-order valence-electron chi connectivity index (χ2n) is 10.4. The number of nitrogens with zero attached hydrogens (tertiary/aromatic N) is 4. The summed E-state index contributed by atoms with van der Waals surface area (Å²) in [6.45, 7) is 4.88. The molecule has 1 amide bonds. The summed E-state index contributed by atoms with van der Waals surface area (Å²) >= 11 is 0. The largest absolute Gasteiger partial charge is 0.573 e. The second kappa shape index (κ2) is 10.6. The van der Waals surface area contributed by atoms with Crippen LogP contribution in [0.4, 0.5) is 23.4 Å². The van der Waals surface area contributed by atoms with Gasteiger partial charge < -0.3 is 25.0 Å². The van der Waals surface area contributed by atoms with Gasteiger partial charge in [0.15, 0.2) is 11.6 Å². The zero-order chi connectivity index (χ0) is 27.0. The van der Waals surface area contributed by atoms with Crippen LogP contribution in [-0.4, -0.2) is 71.5 Å². The number of carbonyl (C=O) groups excluding carboxylic acids is 1. The van der Waals surface area contributed by atoms with Crippen LogP contribution in [0.1, 0.15) is 60.9 Å². The Morgan fingerprint density at radius 2 is 1.95 bits per heavy atom. The van der Waals surface area contributed by atoms with Gasteiger partial charge in [-0.2, -0.15) is 0 Å². The molecule has 206 valence electrons. The van der Waals surface area contributed by atoms with E-state index in [-0.39, 0.29) is 18.4 Å². The van der Waals surface area contributed by atoms with Gasteiger partial charge in [0.1, 0.15) is 12.1 Å². The molecule has 1 aromatic heterocycles. The first-order valence-electron chi connectivity index (χ1n) is 12.9. The fourth-order valence-corrected chi connectivity index (χ4v) is 5.36. The van der Waals surface area contributed by atoms with Crippen molar-refractivity contribution in [2.75, 3.05) is 44.2 Å². The molecule has 8 nitrogen and oxygen atoms in total. The predicted octanol–water partition coefficient (Wildman–Crippen LogP) is 3.49. The van der Waals surface area contributed by atoms with E-state index >= 15 is 0 Å². The van der Waals surface area contributed by atoms with E-state index in [0.29, 0.717) is 49.8 Å². The van der Waals surface area contributed by atoms with Crippen LogP contribution in [0.3, 0.4) is 0 Å². The van der Waals surface area contributed by atoms with Crippen LogP contribution in [0.5, 0.6) is 5.75 Å². The van der Waals surface area contributed by atoms with Gasteiger partial charge in [-0.15, -0.1) is 13.2 Å². The number of carbonyl (C=O) groups is 1.